The highest BCUT2D eigenvalue weighted by Crippen LogP contribution is 2.31. The summed E-state index contributed by atoms with van der Waals surface area (Å²) in [6, 6.07) is 11.4. The van der Waals surface area contributed by atoms with Gasteiger partial charge >= 0.3 is 11.6 Å². The highest BCUT2D eigenvalue weighted by molar-refractivity contribution is 5.85. The molecule has 1 aromatic heterocycles. The zero-order valence-electron chi connectivity index (χ0n) is 17.7. The van der Waals surface area contributed by atoms with E-state index in [0.29, 0.717) is 30.1 Å². The van der Waals surface area contributed by atoms with E-state index in [9.17, 15) is 9.59 Å². The summed E-state index contributed by atoms with van der Waals surface area (Å²) >= 11 is 0. The Labute approximate surface area is 175 Å². The lowest BCUT2D eigenvalue weighted by Gasteiger charge is -2.14. The molecule has 0 N–H and O–H groups in total. The first-order valence-corrected chi connectivity index (χ1v) is 9.92. The Morgan fingerprint density at radius 1 is 1.03 bits per heavy atom. The number of hydrogen-bond donors (Lipinski definition) is 0. The number of rotatable bonds is 8. The highest BCUT2D eigenvalue weighted by atomic mass is 16.5. The van der Waals surface area contributed by atoms with Crippen molar-refractivity contribution in [3.05, 3.63) is 69.1 Å². The van der Waals surface area contributed by atoms with E-state index in [1.807, 2.05) is 50.2 Å². The van der Waals surface area contributed by atoms with Gasteiger partial charge in [0.15, 0.2) is 0 Å². The lowest BCUT2D eigenvalue weighted by molar-refractivity contribution is -0.143. The van der Waals surface area contributed by atoms with Crippen LogP contribution in [0.15, 0.2) is 45.6 Å². The van der Waals surface area contributed by atoms with Crippen LogP contribution in [0.5, 0.6) is 11.5 Å². The quantitative estimate of drug-likeness (QED) is 0.402. The van der Waals surface area contributed by atoms with Gasteiger partial charge in [-0.05, 0) is 51.0 Å². The largest absolute Gasteiger partial charge is 0.496 e. The van der Waals surface area contributed by atoms with Crippen LogP contribution in [0.25, 0.3) is 11.0 Å². The van der Waals surface area contributed by atoms with E-state index < -0.39 is 5.63 Å². The molecule has 30 heavy (non-hydrogen) atoms. The number of carbonyl (C=O) groups is 1. The van der Waals surface area contributed by atoms with Gasteiger partial charge in [0, 0.05) is 28.5 Å². The molecule has 3 rings (SSSR count). The number of methoxy groups -OCH3 is 1. The predicted molar refractivity (Wildman–Crippen MR) is 114 cm³/mol. The fourth-order valence-corrected chi connectivity index (χ4v) is 3.45. The van der Waals surface area contributed by atoms with E-state index in [1.54, 1.807) is 14.0 Å². The van der Waals surface area contributed by atoms with Crippen molar-refractivity contribution >= 4 is 16.9 Å². The summed E-state index contributed by atoms with van der Waals surface area (Å²) in [5, 5.41) is 0.829. The van der Waals surface area contributed by atoms with Crippen LogP contribution in [0.4, 0.5) is 0 Å². The molecule has 0 aliphatic heterocycles. The topological polar surface area (TPSA) is 75.0 Å². The summed E-state index contributed by atoms with van der Waals surface area (Å²) in [5.41, 5.74) is 3.04. The Bertz CT molecular complexity index is 1110. The summed E-state index contributed by atoms with van der Waals surface area (Å²) in [4.78, 5) is 24.2. The van der Waals surface area contributed by atoms with Crippen LogP contribution < -0.4 is 15.1 Å². The Morgan fingerprint density at radius 3 is 2.53 bits per heavy atom. The molecule has 0 fully saturated rings. The normalized spacial score (nSPS) is 10.8. The molecule has 0 bridgehead atoms. The molecular weight excluding hydrogens is 384 g/mol. The van der Waals surface area contributed by atoms with Gasteiger partial charge in [-0.25, -0.2) is 4.79 Å². The minimum Gasteiger partial charge on any atom is -0.496 e. The number of aryl methyl sites for hydroxylation is 2. The second kappa shape index (κ2) is 9.48. The maximum atomic E-state index is 12.6. The van der Waals surface area contributed by atoms with Crippen LogP contribution >= 0.6 is 0 Å². The van der Waals surface area contributed by atoms with Gasteiger partial charge in [-0.2, -0.15) is 0 Å². The molecule has 0 atom stereocenters. The molecule has 0 aliphatic rings. The SMILES string of the molecule is CCOC(=O)CCc1c(C)c2ccc(OCc3ccccc3OC)c(C)c2oc1=O. The zero-order chi connectivity index (χ0) is 21.7. The van der Waals surface area contributed by atoms with E-state index in [2.05, 4.69) is 0 Å². The molecular formula is C24H26O6. The monoisotopic (exact) mass is 410 g/mol. The number of hydrogen-bond acceptors (Lipinski definition) is 6. The Balaban J connectivity index is 1.88. The second-order valence-corrected chi connectivity index (χ2v) is 6.96. The van der Waals surface area contributed by atoms with Crippen molar-refractivity contribution in [2.45, 2.75) is 40.2 Å². The predicted octanol–water partition coefficient (Wildman–Crippen LogP) is 4.49. The minimum absolute atomic E-state index is 0.143. The zero-order valence-corrected chi connectivity index (χ0v) is 17.7. The first-order chi connectivity index (χ1) is 14.5. The number of fused-ring (bicyclic) bond motifs is 1. The third kappa shape index (κ3) is 4.48. The maximum Gasteiger partial charge on any atom is 0.339 e. The van der Waals surface area contributed by atoms with E-state index in [4.69, 9.17) is 18.6 Å². The standard InChI is InChI=1S/C24H26O6/c1-5-28-22(25)13-11-19-15(2)18-10-12-20(16(3)23(18)30-24(19)26)29-14-17-8-6-7-9-21(17)27-4/h6-10,12H,5,11,13-14H2,1-4H3. The molecule has 0 saturated heterocycles. The van der Waals surface area contributed by atoms with Gasteiger partial charge in [-0.3, -0.25) is 4.79 Å². The van der Waals surface area contributed by atoms with Crippen molar-refractivity contribution in [1.29, 1.82) is 0 Å². The van der Waals surface area contributed by atoms with Crippen LogP contribution in [-0.2, 0) is 22.6 Å². The van der Waals surface area contributed by atoms with Crippen LogP contribution in [0.3, 0.4) is 0 Å². The summed E-state index contributed by atoms with van der Waals surface area (Å²) in [6.07, 6.45) is 0.429. The van der Waals surface area contributed by atoms with E-state index in [1.165, 1.54) is 0 Å². The number of ether oxygens (including phenoxy) is 3. The Hall–Kier alpha value is -3.28. The first kappa shape index (κ1) is 21.4. The second-order valence-electron chi connectivity index (χ2n) is 6.96. The summed E-state index contributed by atoms with van der Waals surface area (Å²) < 4.78 is 21.9. The van der Waals surface area contributed by atoms with Gasteiger partial charge in [0.2, 0.25) is 0 Å². The van der Waals surface area contributed by atoms with Gasteiger partial charge in [0.25, 0.3) is 0 Å². The van der Waals surface area contributed by atoms with Gasteiger partial charge in [-0.15, -0.1) is 0 Å². The molecule has 158 valence electrons. The first-order valence-electron chi connectivity index (χ1n) is 9.92. The number of carbonyl (C=O) groups excluding carboxylic acids is 1. The van der Waals surface area contributed by atoms with Gasteiger partial charge in [0.05, 0.1) is 13.7 Å². The minimum atomic E-state index is -0.436. The molecule has 0 unspecified atom stereocenters. The fraction of sp³-hybridized carbons (Fsp3) is 0.333. The number of benzene rings is 2. The molecule has 6 nitrogen and oxygen atoms in total. The maximum absolute atomic E-state index is 12.6. The lowest BCUT2D eigenvalue weighted by Crippen LogP contribution is -2.14. The van der Waals surface area contributed by atoms with E-state index in [0.717, 1.165) is 27.8 Å². The van der Waals surface area contributed by atoms with Crippen molar-refractivity contribution in [2.24, 2.45) is 0 Å². The average Bonchev–Trinajstić information content (AvgIpc) is 2.74. The summed E-state index contributed by atoms with van der Waals surface area (Å²) in [6.45, 7) is 6.14. The number of esters is 1. The van der Waals surface area contributed by atoms with Gasteiger partial charge in [0.1, 0.15) is 23.7 Å². The average molecular weight is 410 g/mol. The molecule has 0 amide bonds. The number of para-hydroxylation sites is 1. The molecule has 0 saturated carbocycles. The van der Waals surface area contributed by atoms with Crippen molar-refractivity contribution in [1.82, 2.24) is 0 Å². The Morgan fingerprint density at radius 2 is 1.80 bits per heavy atom. The molecule has 2 aromatic carbocycles. The molecule has 0 radical (unpaired) electrons. The summed E-state index contributed by atoms with van der Waals surface area (Å²) in [7, 11) is 1.62. The molecule has 0 spiro atoms. The molecule has 6 heteroatoms. The molecule has 0 aliphatic carbocycles. The third-order valence-electron chi connectivity index (χ3n) is 5.11. The van der Waals surface area contributed by atoms with E-state index >= 15 is 0 Å². The van der Waals surface area contributed by atoms with Crippen molar-refractivity contribution in [2.75, 3.05) is 13.7 Å². The Kier molecular flexibility index (Phi) is 6.77. The van der Waals surface area contributed by atoms with Crippen molar-refractivity contribution in [3.63, 3.8) is 0 Å². The third-order valence-corrected chi connectivity index (χ3v) is 5.11. The van der Waals surface area contributed by atoms with Crippen LogP contribution in [0.1, 0.15) is 35.6 Å². The lowest BCUT2D eigenvalue weighted by atomic mass is 10.0. The van der Waals surface area contributed by atoms with Gasteiger partial charge in [-0.1, -0.05) is 18.2 Å². The van der Waals surface area contributed by atoms with Crippen molar-refractivity contribution < 1.29 is 23.4 Å². The summed E-state index contributed by atoms with van der Waals surface area (Å²) in [5.74, 6) is 1.06. The smallest absolute Gasteiger partial charge is 0.339 e. The van der Waals surface area contributed by atoms with Crippen molar-refractivity contribution in [3.8, 4) is 11.5 Å². The van der Waals surface area contributed by atoms with E-state index in [-0.39, 0.29) is 18.8 Å². The van der Waals surface area contributed by atoms with Gasteiger partial charge < -0.3 is 18.6 Å². The van der Waals surface area contributed by atoms with Crippen LogP contribution in [0.2, 0.25) is 0 Å². The molecule has 1 heterocycles. The fourth-order valence-electron chi connectivity index (χ4n) is 3.45. The highest BCUT2D eigenvalue weighted by Gasteiger charge is 2.17. The van der Waals surface area contributed by atoms with Crippen LogP contribution in [0, 0.1) is 13.8 Å². The molecule has 3 aromatic rings. The van der Waals surface area contributed by atoms with Crippen LogP contribution in [-0.4, -0.2) is 19.7 Å².